The molecule has 1 aliphatic heterocycles. The lowest BCUT2D eigenvalue weighted by molar-refractivity contribution is 0.0529. The standard InChI is InChI=1S/C14H13NO3S/c1-2-17-14(16)12-11-8-5-3-4-6-9(8)18-7-10(11)19-13(12)15/h3-6H,2,7,15H2,1H3. The molecule has 1 aromatic carbocycles. The first-order chi connectivity index (χ1) is 9.22. The van der Waals surface area contributed by atoms with Crippen molar-refractivity contribution in [1.82, 2.24) is 0 Å². The lowest BCUT2D eigenvalue weighted by atomic mass is 9.99. The van der Waals surface area contributed by atoms with Crippen molar-refractivity contribution in [3.8, 4) is 16.9 Å². The van der Waals surface area contributed by atoms with Crippen LogP contribution in [0.25, 0.3) is 11.1 Å². The number of carbonyl (C=O) groups excluding carboxylic acids is 1. The van der Waals surface area contributed by atoms with Gasteiger partial charge in [-0.15, -0.1) is 11.3 Å². The van der Waals surface area contributed by atoms with Crippen LogP contribution in [0.1, 0.15) is 22.2 Å². The van der Waals surface area contributed by atoms with Crippen molar-refractivity contribution in [2.24, 2.45) is 0 Å². The van der Waals surface area contributed by atoms with E-state index in [1.54, 1.807) is 6.92 Å². The summed E-state index contributed by atoms with van der Waals surface area (Å²) in [5.74, 6) is 0.410. The average Bonchev–Trinajstić information content (AvgIpc) is 2.75. The van der Waals surface area contributed by atoms with Gasteiger partial charge in [-0.25, -0.2) is 4.79 Å². The number of nitrogen functional groups attached to an aromatic ring is 1. The highest BCUT2D eigenvalue weighted by molar-refractivity contribution is 7.17. The van der Waals surface area contributed by atoms with Gasteiger partial charge in [0.1, 0.15) is 22.9 Å². The number of fused-ring (bicyclic) bond motifs is 3. The van der Waals surface area contributed by atoms with E-state index in [0.717, 1.165) is 21.8 Å². The van der Waals surface area contributed by atoms with Gasteiger partial charge in [0.25, 0.3) is 0 Å². The highest BCUT2D eigenvalue weighted by Gasteiger charge is 2.29. The Morgan fingerprint density at radius 3 is 3.05 bits per heavy atom. The lowest BCUT2D eigenvalue weighted by Crippen LogP contribution is -2.10. The predicted octanol–water partition coefficient (Wildman–Crippen LogP) is 3.07. The molecule has 2 N–H and O–H groups in total. The van der Waals surface area contributed by atoms with Gasteiger partial charge in [-0.05, 0) is 13.0 Å². The van der Waals surface area contributed by atoms with E-state index in [-0.39, 0.29) is 5.97 Å². The van der Waals surface area contributed by atoms with Crippen molar-refractivity contribution in [3.05, 3.63) is 34.7 Å². The summed E-state index contributed by atoms with van der Waals surface area (Å²) in [6, 6.07) is 7.65. The summed E-state index contributed by atoms with van der Waals surface area (Å²) in [6.07, 6.45) is 0. The summed E-state index contributed by atoms with van der Waals surface area (Å²) in [5.41, 5.74) is 8.21. The Hall–Kier alpha value is -2.01. The Bertz CT molecular complexity index is 648. The molecular weight excluding hydrogens is 262 g/mol. The lowest BCUT2D eigenvalue weighted by Gasteiger charge is -2.18. The zero-order chi connectivity index (χ0) is 13.4. The number of anilines is 1. The highest BCUT2D eigenvalue weighted by Crippen LogP contribution is 2.46. The molecule has 19 heavy (non-hydrogen) atoms. The molecule has 1 aliphatic rings. The van der Waals surface area contributed by atoms with Crippen LogP contribution in [0.3, 0.4) is 0 Å². The highest BCUT2D eigenvalue weighted by atomic mass is 32.1. The molecule has 0 amide bonds. The van der Waals surface area contributed by atoms with Gasteiger partial charge < -0.3 is 15.2 Å². The summed E-state index contributed by atoms with van der Waals surface area (Å²) in [4.78, 5) is 13.0. The largest absolute Gasteiger partial charge is 0.487 e. The van der Waals surface area contributed by atoms with E-state index in [1.807, 2.05) is 24.3 Å². The maximum atomic E-state index is 12.1. The van der Waals surface area contributed by atoms with Crippen molar-refractivity contribution in [2.75, 3.05) is 12.3 Å². The van der Waals surface area contributed by atoms with Gasteiger partial charge >= 0.3 is 5.97 Å². The maximum absolute atomic E-state index is 12.1. The smallest absolute Gasteiger partial charge is 0.341 e. The van der Waals surface area contributed by atoms with Crippen LogP contribution in [0.2, 0.25) is 0 Å². The van der Waals surface area contributed by atoms with Gasteiger partial charge in [0.05, 0.1) is 11.5 Å². The minimum Gasteiger partial charge on any atom is -0.487 e. The van der Waals surface area contributed by atoms with Crippen molar-refractivity contribution in [2.45, 2.75) is 13.5 Å². The van der Waals surface area contributed by atoms with Crippen molar-refractivity contribution in [3.63, 3.8) is 0 Å². The normalized spacial score (nSPS) is 12.3. The van der Waals surface area contributed by atoms with E-state index in [4.69, 9.17) is 15.2 Å². The molecule has 0 radical (unpaired) electrons. The number of hydrogen-bond acceptors (Lipinski definition) is 5. The fourth-order valence-corrected chi connectivity index (χ4v) is 3.22. The topological polar surface area (TPSA) is 61.5 Å². The predicted molar refractivity (Wildman–Crippen MR) is 74.5 cm³/mol. The van der Waals surface area contributed by atoms with Gasteiger partial charge in [-0.2, -0.15) is 0 Å². The monoisotopic (exact) mass is 275 g/mol. The van der Waals surface area contributed by atoms with E-state index in [0.29, 0.717) is 23.8 Å². The van der Waals surface area contributed by atoms with Gasteiger partial charge in [0, 0.05) is 11.1 Å². The van der Waals surface area contributed by atoms with Crippen LogP contribution >= 0.6 is 11.3 Å². The Kier molecular flexibility index (Phi) is 2.91. The fourth-order valence-electron chi connectivity index (χ4n) is 2.23. The molecule has 98 valence electrons. The Morgan fingerprint density at radius 2 is 2.26 bits per heavy atom. The van der Waals surface area contributed by atoms with Gasteiger partial charge in [0.2, 0.25) is 0 Å². The van der Waals surface area contributed by atoms with Crippen LogP contribution in [0, 0.1) is 0 Å². The first-order valence-corrected chi connectivity index (χ1v) is 6.84. The third-order valence-electron chi connectivity index (χ3n) is 3.00. The molecule has 0 spiro atoms. The average molecular weight is 275 g/mol. The molecule has 0 bridgehead atoms. The Labute approximate surface area is 114 Å². The van der Waals surface area contributed by atoms with Gasteiger partial charge in [0.15, 0.2) is 0 Å². The number of hydrogen-bond donors (Lipinski definition) is 1. The minimum atomic E-state index is -0.366. The van der Waals surface area contributed by atoms with E-state index < -0.39 is 0 Å². The second kappa shape index (κ2) is 4.59. The number of thiophene rings is 1. The molecule has 0 aliphatic carbocycles. The Morgan fingerprint density at radius 1 is 1.47 bits per heavy atom. The maximum Gasteiger partial charge on any atom is 0.341 e. The zero-order valence-electron chi connectivity index (χ0n) is 10.4. The second-order valence-electron chi connectivity index (χ2n) is 4.14. The van der Waals surface area contributed by atoms with E-state index in [1.165, 1.54) is 11.3 Å². The fraction of sp³-hybridized carbons (Fsp3) is 0.214. The summed E-state index contributed by atoms with van der Waals surface area (Å²) < 4.78 is 10.8. The van der Waals surface area contributed by atoms with Crippen LogP contribution in [-0.2, 0) is 11.3 Å². The molecule has 1 aromatic heterocycles. The molecule has 2 aromatic rings. The third-order valence-corrected chi connectivity index (χ3v) is 4.00. The minimum absolute atomic E-state index is 0.334. The van der Waals surface area contributed by atoms with Crippen molar-refractivity contribution >= 4 is 22.3 Å². The summed E-state index contributed by atoms with van der Waals surface area (Å²) >= 11 is 1.39. The summed E-state index contributed by atoms with van der Waals surface area (Å²) in [7, 11) is 0. The first-order valence-electron chi connectivity index (χ1n) is 6.02. The summed E-state index contributed by atoms with van der Waals surface area (Å²) in [6.45, 7) is 2.56. The molecule has 0 fully saturated rings. The zero-order valence-corrected chi connectivity index (χ0v) is 11.3. The molecule has 0 atom stereocenters. The molecule has 3 rings (SSSR count). The number of nitrogens with two attached hydrogens (primary N) is 1. The molecular formula is C14H13NO3S. The molecule has 2 heterocycles. The SMILES string of the molecule is CCOC(=O)c1c(N)sc2c1-c1ccccc1OC2. The van der Waals surface area contributed by atoms with E-state index >= 15 is 0 Å². The molecule has 4 nitrogen and oxygen atoms in total. The molecule has 0 saturated heterocycles. The number of rotatable bonds is 2. The van der Waals surface area contributed by atoms with Gasteiger partial charge in [-0.3, -0.25) is 0 Å². The third kappa shape index (κ3) is 1.86. The van der Waals surface area contributed by atoms with Gasteiger partial charge in [-0.1, -0.05) is 18.2 Å². The van der Waals surface area contributed by atoms with Crippen LogP contribution in [0.5, 0.6) is 5.75 Å². The van der Waals surface area contributed by atoms with Crippen molar-refractivity contribution in [1.29, 1.82) is 0 Å². The molecule has 5 heteroatoms. The molecule has 0 unspecified atom stereocenters. The van der Waals surface area contributed by atoms with E-state index in [2.05, 4.69) is 0 Å². The quantitative estimate of drug-likeness (QED) is 0.856. The number of esters is 1. The summed E-state index contributed by atoms with van der Waals surface area (Å²) in [5, 5.41) is 0.490. The van der Waals surface area contributed by atoms with Crippen LogP contribution in [-0.4, -0.2) is 12.6 Å². The van der Waals surface area contributed by atoms with E-state index in [9.17, 15) is 4.79 Å². The number of carbonyl (C=O) groups is 1. The number of ether oxygens (including phenoxy) is 2. The van der Waals surface area contributed by atoms with Crippen LogP contribution in [0.4, 0.5) is 5.00 Å². The van der Waals surface area contributed by atoms with Crippen molar-refractivity contribution < 1.29 is 14.3 Å². The van der Waals surface area contributed by atoms with Crippen LogP contribution < -0.4 is 10.5 Å². The second-order valence-corrected chi connectivity index (χ2v) is 5.28. The first kappa shape index (κ1) is 12.0. The molecule has 0 saturated carbocycles. The Balaban J connectivity index is 2.20. The number of benzene rings is 1. The number of para-hydroxylation sites is 1. The van der Waals surface area contributed by atoms with Crippen LogP contribution in [0.15, 0.2) is 24.3 Å².